The minimum absolute atomic E-state index is 0. The molecule has 1 heterocycles. The van der Waals surface area contributed by atoms with E-state index < -0.39 is 0 Å². The van der Waals surface area contributed by atoms with Crippen molar-refractivity contribution >= 4 is 41.5 Å². The van der Waals surface area contributed by atoms with E-state index in [4.69, 9.17) is 11.6 Å². The first-order chi connectivity index (χ1) is 11.0. The number of nitrogens with zero attached hydrogens (tertiary/aromatic N) is 1. The molecule has 1 fully saturated rings. The summed E-state index contributed by atoms with van der Waals surface area (Å²) in [6.45, 7) is 6.12. The number of amides is 2. The van der Waals surface area contributed by atoms with E-state index in [0.717, 1.165) is 19.4 Å². The fraction of sp³-hybridized carbons (Fsp3) is 0.529. The smallest absolute Gasteiger partial charge is 0.255 e. The van der Waals surface area contributed by atoms with E-state index in [-0.39, 0.29) is 30.3 Å². The largest absolute Gasteiger partial charge is 0.339 e. The zero-order chi connectivity index (χ0) is 16.8. The molecule has 2 amide bonds. The van der Waals surface area contributed by atoms with E-state index in [0.29, 0.717) is 35.8 Å². The maximum Gasteiger partial charge on any atom is 0.255 e. The highest BCUT2D eigenvalue weighted by Gasteiger charge is 2.19. The lowest BCUT2D eigenvalue weighted by atomic mass is 10.1. The van der Waals surface area contributed by atoms with Crippen molar-refractivity contribution in [1.82, 2.24) is 10.2 Å². The van der Waals surface area contributed by atoms with Crippen molar-refractivity contribution in [2.24, 2.45) is 0 Å². The molecule has 1 aliphatic rings. The second kappa shape index (κ2) is 9.87. The van der Waals surface area contributed by atoms with Crippen molar-refractivity contribution in [2.45, 2.75) is 39.2 Å². The minimum Gasteiger partial charge on any atom is -0.339 e. The van der Waals surface area contributed by atoms with Crippen LogP contribution in [-0.2, 0) is 4.79 Å². The Morgan fingerprint density at radius 3 is 2.58 bits per heavy atom. The van der Waals surface area contributed by atoms with E-state index in [1.165, 1.54) is 0 Å². The Morgan fingerprint density at radius 2 is 2.04 bits per heavy atom. The first kappa shape index (κ1) is 20.7. The van der Waals surface area contributed by atoms with Gasteiger partial charge in [-0.25, -0.2) is 0 Å². The summed E-state index contributed by atoms with van der Waals surface area (Å²) >= 11 is 6.22. The van der Waals surface area contributed by atoms with E-state index >= 15 is 0 Å². The van der Waals surface area contributed by atoms with Crippen LogP contribution in [0, 0.1) is 0 Å². The summed E-state index contributed by atoms with van der Waals surface area (Å²) in [6.07, 6.45) is 2.61. The van der Waals surface area contributed by atoms with Crippen molar-refractivity contribution in [1.29, 1.82) is 0 Å². The lowest BCUT2D eigenvalue weighted by Gasteiger charge is -2.19. The van der Waals surface area contributed by atoms with Crippen molar-refractivity contribution in [3.63, 3.8) is 0 Å². The molecule has 1 unspecified atom stereocenters. The molecule has 1 saturated heterocycles. The first-order valence-electron chi connectivity index (χ1n) is 8.17. The van der Waals surface area contributed by atoms with Crippen LogP contribution in [0.15, 0.2) is 18.2 Å². The number of anilines is 1. The molecule has 0 spiro atoms. The quantitative estimate of drug-likeness (QED) is 0.803. The molecule has 5 nitrogen and oxygen atoms in total. The third-order valence-electron chi connectivity index (χ3n) is 4.13. The average molecular weight is 374 g/mol. The zero-order valence-electron chi connectivity index (χ0n) is 14.1. The predicted molar refractivity (Wildman–Crippen MR) is 100 cm³/mol. The second-order valence-corrected chi connectivity index (χ2v) is 6.12. The molecule has 2 N–H and O–H groups in total. The molecule has 24 heavy (non-hydrogen) atoms. The third-order valence-corrected chi connectivity index (χ3v) is 4.44. The molecule has 7 heteroatoms. The predicted octanol–water partition coefficient (Wildman–Crippen LogP) is 3.32. The van der Waals surface area contributed by atoms with Crippen LogP contribution in [0.1, 0.15) is 43.5 Å². The Labute approximate surface area is 154 Å². The number of nitrogens with one attached hydrogen (secondary N) is 2. The summed E-state index contributed by atoms with van der Waals surface area (Å²) in [6, 6.07) is 5.29. The molecule has 0 aromatic heterocycles. The Hall–Kier alpha value is -1.30. The number of benzene rings is 1. The fourth-order valence-corrected chi connectivity index (χ4v) is 3.08. The topological polar surface area (TPSA) is 61.4 Å². The van der Waals surface area contributed by atoms with Gasteiger partial charge in [-0.2, -0.15) is 0 Å². The summed E-state index contributed by atoms with van der Waals surface area (Å²) < 4.78 is 0. The van der Waals surface area contributed by atoms with E-state index in [9.17, 15) is 9.59 Å². The van der Waals surface area contributed by atoms with Gasteiger partial charge in [0.15, 0.2) is 0 Å². The third kappa shape index (κ3) is 5.36. The normalized spacial score (nSPS) is 16.4. The van der Waals surface area contributed by atoms with Crippen molar-refractivity contribution in [3.05, 3.63) is 28.8 Å². The average Bonchev–Trinajstić information content (AvgIpc) is 3.01. The lowest BCUT2D eigenvalue weighted by Crippen LogP contribution is -2.30. The van der Waals surface area contributed by atoms with Crippen LogP contribution in [-0.4, -0.2) is 42.4 Å². The molecule has 1 aromatic rings. The van der Waals surface area contributed by atoms with Gasteiger partial charge in [0.05, 0.1) is 10.6 Å². The summed E-state index contributed by atoms with van der Waals surface area (Å²) in [7, 11) is 0. The Morgan fingerprint density at radius 1 is 1.33 bits per heavy atom. The van der Waals surface area contributed by atoms with Gasteiger partial charge in [0, 0.05) is 31.2 Å². The van der Waals surface area contributed by atoms with Gasteiger partial charge in [-0.3, -0.25) is 9.59 Å². The summed E-state index contributed by atoms with van der Waals surface area (Å²) in [5, 5.41) is 6.50. The van der Waals surface area contributed by atoms with Crippen molar-refractivity contribution in [2.75, 3.05) is 25.0 Å². The number of hydrogen-bond donors (Lipinski definition) is 2. The van der Waals surface area contributed by atoms with E-state index in [2.05, 4.69) is 10.6 Å². The molecular weight excluding hydrogens is 349 g/mol. The molecule has 0 bridgehead atoms. The molecule has 1 aromatic carbocycles. The number of carbonyl (C=O) groups excluding carboxylic acids is 2. The molecular formula is C17H25Cl2N3O2. The van der Waals surface area contributed by atoms with Crippen LogP contribution < -0.4 is 10.6 Å². The van der Waals surface area contributed by atoms with Gasteiger partial charge in [-0.15, -0.1) is 12.4 Å². The Balaban J connectivity index is 0.00000288. The molecule has 0 saturated carbocycles. The molecule has 0 aliphatic carbocycles. The van der Waals surface area contributed by atoms with Gasteiger partial charge < -0.3 is 15.5 Å². The number of hydrogen-bond acceptors (Lipinski definition) is 3. The van der Waals surface area contributed by atoms with E-state index in [1.807, 2.05) is 13.8 Å². The van der Waals surface area contributed by atoms with Gasteiger partial charge in [-0.05, 0) is 51.4 Å². The van der Waals surface area contributed by atoms with Crippen LogP contribution in [0.3, 0.4) is 0 Å². The fourth-order valence-electron chi connectivity index (χ4n) is 2.81. The first-order valence-corrected chi connectivity index (χ1v) is 8.55. The van der Waals surface area contributed by atoms with Crippen molar-refractivity contribution in [3.8, 4) is 0 Å². The van der Waals surface area contributed by atoms with Gasteiger partial charge in [-0.1, -0.05) is 11.6 Å². The Bertz CT molecular complexity index is 571. The highest BCUT2D eigenvalue weighted by Crippen LogP contribution is 2.23. The summed E-state index contributed by atoms with van der Waals surface area (Å²) in [4.78, 5) is 26.1. The summed E-state index contributed by atoms with van der Waals surface area (Å²) in [5.74, 6) is -0.128. The van der Waals surface area contributed by atoms with Crippen LogP contribution in [0.25, 0.3) is 0 Å². The van der Waals surface area contributed by atoms with Crippen LogP contribution in [0.2, 0.25) is 5.02 Å². The lowest BCUT2D eigenvalue weighted by molar-refractivity contribution is -0.116. The van der Waals surface area contributed by atoms with Gasteiger partial charge in [0.2, 0.25) is 5.91 Å². The molecule has 1 aliphatic heterocycles. The molecule has 134 valence electrons. The monoisotopic (exact) mass is 373 g/mol. The SMILES string of the molecule is CCN(CC)C(=O)c1ccc(NC(=O)CC2CCCN2)cc1Cl.Cl. The van der Waals surface area contributed by atoms with Crippen LogP contribution in [0.5, 0.6) is 0 Å². The van der Waals surface area contributed by atoms with Gasteiger partial charge in [0.1, 0.15) is 0 Å². The Kier molecular flexibility index (Phi) is 8.53. The highest BCUT2D eigenvalue weighted by atomic mass is 35.5. The number of halogens is 2. The highest BCUT2D eigenvalue weighted by molar-refractivity contribution is 6.34. The minimum atomic E-state index is -0.0898. The maximum absolute atomic E-state index is 12.3. The second-order valence-electron chi connectivity index (χ2n) is 5.72. The molecule has 2 rings (SSSR count). The van der Waals surface area contributed by atoms with Gasteiger partial charge in [0.25, 0.3) is 5.91 Å². The van der Waals surface area contributed by atoms with Crippen molar-refractivity contribution < 1.29 is 9.59 Å². The molecule has 0 radical (unpaired) electrons. The van der Waals surface area contributed by atoms with E-state index in [1.54, 1.807) is 23.1 Å². The van der Waals surface area contributed by atoms with Crippen LogP contribution >= 0.6 is 24.0 Å². The summed E-state index contributed by atoms with van der Waals surface area (Å²) in [5.41, 5.74) is 1.08. The standard InChI is InChI=1S/C17H24ClN3O2.ClH/c1-3-21(4-2)17(23)14-8-7-13(10-15(14)18)20-16(22)11-12-6-5-9-19-12;/h7-8,10,12,19H,3-6,9,11H2,1-2H3,(H,20,22);1H. The number of rotatable bonds is 6. The van der Waals surface area contributed by atoms with Crippen LogP contribution in [0.4, 0.5) is 5.69 Å². The van der Waals surface area contributed by atoms with Gasteiger partial charge >= 0.3 is 0 Å². The zero-order valence-corrected chi connectivity index (χ0v) is 15.7. The maximum atomic E-state index is 12.3. The number of carbonyl (C=O) groups is 2. The molecule has 1 atom stereocenters.